The molecule has 78 valence electrons. The monoisotopic (exact) mass is 215 g/mol. The SMILES string of the molecule is CCOP(C)(=O)OCc1cccnc1. The molecule has 0 aliphatic heterocycles. The van der Waals surface area contributed by atoms with Gasteiger partial charge in [-0.15, -0.1) is 0 Å². The van der Waals surface area contributed by atoms with E-state index in [2.05, 4.69) is 4.98 Å². The van der Waals surface area contributed by atoms with Gasteiger partial charge in [0.1, 0.15) is 0 Å². The van der Waals surface area contributed by atoms with Gasteiger partial charge in [0.2, 0.25) is 0 Å². The highest BCUT2D eigenvalue weighted by atomic mass is 31.2. The van der Waals surface area contributed by atoms with Crippen LogP contribution in [0.4, 0.5) is 0 Å². The number of hydrogen-bond acceptors (Lipinski definition) is 4. The molecule has 0 bridgehead atoms. The fraction of sp³-hybridized carbons (Fsp3) is 0.444. The molecule has 0 fully saturated rings. The second-order valence-corrected chi connectivity index (χ2v) is 4.88. The molecule has 0 saturated carbocycles. The summed E-state index contributed by atoms with van der Waals surface area (Å²) in [6.07, 6.45) is 3.35. The van der Waals surface area contributed by atoms with Gasteiger partial charge in [-0.1, -0.05) is 6.07 Å². The fourth-order valence-electron chi connectivity index (χ4n) is 0.947. The Bertz CT molecular complexity index is 315. The minimum atomic E-state index is -2.89. The number of pyridine rings is 1. The lowest BCUT2D eigenvalue weighted by atomic mass is 10.3. The molecule has 1 aromatic rings. The van der Waals surface area contributed by atoms with Crippen molar-refractivity contribution in [1.82, 2.24) is 4.98 Å². The van der Waals surface area contributed by atoms with E-state index < -0.39 is 7.60 Å². The molecule has 0 N–H and O–H groups in total. The average Bonchev–Trinajstić information content (AvgIpc) is 2.17. The average molecular weight is 215 g/mol. The third-order valence-electron chi connectivity index (χ3n) is 1.55. The quantitative estimate of drug-likeness (QED) is 0.708. The highest BCUT2D eigenvalue weighted by Gasteiger charge is 2.15. The normalized spacial score (nSPS) is 15.0. The van der Waals surface area contributed by atoms with Crippen molar-refractivity contribution in [2.75, 3.05) is 13.3 Å². The van der Waals surface area contributed by atoms with Gasteiger partial charge in [0, 0.05) is 19.1 Å². The van der Waals surface area contributed by atoms with Crippen LogP contribution in [0.25, 0.3) is 0 Å². The van der Waals surface area contributed by atoms with E-state index in [4.69, 9.17) is 9.05 Å². The molecule has 0 spiro atoms. The van der Waals surface area contributed by atoms with E-state index in [0.29, 0.717) is 6.61 Å². The van der Waals surface area contributed by atoms with Crippen LogP contribution in [-0.2, 0) is 20.2 Å². The van der Waals surface area contributed by atoms with Gasteiger partial charge in [-0.3, -0.25) is 9.55 Å². The second kappa shape index (κ2) is 5.25. The summed E-state index contributed by atoms with van der Waals surface area (Å²) in [6.45, 7) is 3.90. The van der Waals surface area contributed by atoms with E-state index in [1.54, 1.807) is 25.4 Å². The first-order valence-corrected chi connectivity index (χ1v) is 6.38. The Morgan fingerprint density at radius 3 is 2.86 bits per heavy atom. The summed E-state index contributed by atoms with van der Waals surface area (Å²) in [7, 11) is -2.89. The van der Waals surface area contributed by atoms with E-state index in [0.717, 1.165) is 5.56 Å². The van der Waals surface area contributed by atoms with Crippen LogP contribution in [-0.4, -0.2) is 18.3 Å². The molecule has 1 aromatic heterocycles. The molecular formula is C9H14NO3P. The molecule has 0 aliphatic rings. The van der Waals surface area contributed by atoms with Gasteiger partial charge in [0.15, 0.2) is 0 Å². The Morgan fingerprint density at radius 1 is 1.50 bits per heavy atom. The van der Waals surface area contributed by atoms with Crippen LogP contribution < -0.4 is 0 Å². The van der Waals surface area contributed by atoms with Crippen molar-refractivity contribution in [1.29, 1.82) is 0 Å². The molecule has 1 heterocycles. The molecule has 5 heteroatoms. The van der Waals surface area contributed by atoms with Crippen LogP contribution in [0.1, 0.15) is 12.5 Å². The van der Waals surface area contributed by atoms with E-state index in [1.807, 2.05) is 6.07 Å². The zero-order valence-corrected chi connectivity index (χ0v) is 9.24. The second-order valence-electron chi connectivity index (χ2n) is 2.82. The van der Waals surface area contributed by atoms with Crippen LogP contribution >= 0.6 is 7.60 Å². The molecule has 0 aliphatic carbocycles. The van der Waals surface area contributed by atoms with Crippen molar-refractivity contribution >= 4 is 7.60 Å². The number of hydrogen-bond donors (Lipinski definition) is 0. The largest absolute Gasteiger partial charge is 0.327 e. The highest BCUT2D eigenvalue weighted by Crippen LogP contribution is 2.44. The van der Waals surface area contributed by atoms with Gasteiger partial charge in [0.25, 0.3) is 0 Å². The summed E-state index contributed by atoms with van der Waals surface area (Å²) < 4.78 is 21.6. The predicted octanol–water partition coefficient (Wildman–Crippen LogP) is 2.46. The minimum Gasteiger partial charge on any atom is -0.309 e. The van der Waals surface area contributed by atoms with Crippen molar-refractivity contribution in [2.45, 2.75) is 13.5 Å². The van der Waals surface area contributed by atoms with Crippen molar-refractivity contribution < 1.29 is 13.6 Å². The number of nitrogens with zero attached hydrogens (tertiary/aromatic N) is 1. The lowest BCUT2D eigenvalue weighted by Gasteiger charge is -2.12. The van der Waals surface area contributed by atoms with Crippen LogP contribution in [0, 0.1) is 0 Å². The number of rotatable bonds is 5. The van der Waals surface area contributed by atoms with E-state index in [-0.39, 0.29) is 6.61 Å². The lowest BCUT2D eigenvalue weighted by molar-refractivity contribution is 0.209. The van der Waals surface area contributed by atoms with Crippen LogP contribution in [0.2, 0.25) is 0 Å². The first-order chi connectivity index (χ1) is 6.64. The summed E-state index contributed by atoms with van der Waals surface area (Å²) in [5.41, 5.74) is 0.884. The molecule has 1 atom stereocenters. The molecular weight excluding hydrogens is 201 g/mol. The van der Waals surface area contributed by atoms with Crippen LogP contribution in [0.15, 0.2) is 24.5 Å². The van der Waals surface area contributed by atoms with Gasteiger partial charge in [-0.25, -0.2) is 0 Å². The first-order valence-electron chi connectivity index (χ1n) is 4.39. The van der Waals surface area contributed by atoms with Gasteiger partial charge >= 0.3 is 7.60 Å². The molecule has 1 rings (SSSR count). The van der Waals surface area contributed by atoms with Crippen molar-refractivity contribution in [3.8, 4) is 0 Å². The highest BCUT2D eigenvalue weighted by molar-refractivity contribution is 7.52. The smallest absolute Gasteiger partial charge is 0.309 e. The van der Waals surface area contributed by atoms with Gasteiger partial charge in [-0.2, -0.15) is 0 Å². The summed E-state index contributed by atoms with van der Waals surface area (Å²) in [4.78, 5) is 3.92. The maximum atomic E-state index is 11.5. The molecule has 0 amide bonds. The van der Waals surface area contributed by atoms with Crippen LogP contribution in [0.3, 0.4) is 0 Å². The van der Waals surface area contributed by atoms with Gasteiger partial charge < -0.3 is 9.05 Å². The Labute approximate surface area is 83.8 Å². The molecule has 0 aromatic carbocycles. The summed E-state index contributed by atoms with van der Waals surface area (Å²) >= 11 is 0. The summed E-state index contributed by atoms with van der Waals surface area (Å²) in [6, 6.07) is 3.67. The van der Waals surface area contributed by atoms with Crippen molar-refractivity contribution in [2.24, 2.45) is 0 Å². The lowest BCUT2D eigenvalue weighted by Crippen LogP contribution is -1.95. The Kier molecular flexibility index (Phi) is 4.26. The molecule has 0 saturated heterocycles. The zero-order valence-electron chi connectivity index (χ0n) is 8.34. The molecule has 1 unspecified atom stereocenters. The van der Waals surface area contributed by atoms with E-state index in [9.17, 15) is 4.57 Å². The summed E-state index contributed by atoms with van der Waals surface area (Å²) in [5.74, 6) is 0. The van der Waals surface area contributed by atoms with Crippen LogP contribution in [0.5, 0.6) is 0 Å². The molecule has 4 nitrogen and oxygen atoms in total. The number of aromatic nitrogens is 1. The summed E-state index contributed by atoms with van der Waals surface area (Å²) in [5, 5.41) is 0. The van der Waals surface area contributed by atoms with E-state index >= 15 is 0 Å². The van der Waals surface area contributed by atoms with Gasteiger partial charge in [-0.05, 0) is 18.6 Å². The van der Waals surface area contributed by atoms with Crippen molar-refractivity contribution in [3.63, 3.8) is 0 Å². The standard InChI is InChI=1S/C9H14NO3P/c1-3-12-14(2,11)13-8-9-5-4-6-10-7-9/h4-7H,3,8H2,1-2H3. The maximum Gasteiger partial charge on any atom is 0.327 e. The van der Waals surface area contributed by atoms with Gasteiger partial charge in [0.05, 0.1) is 13.2 Å². The Balaban J connectivity index is 2.45. The Hall–Kier alpha value is -0.700. The van der Waals surface area contributed by atoms with Crippen molar-refractivity contribution in [3.05, 3.63) is 30.1 Å². The van der Waals surface area contributed by atoms with E-state index in [1.165, 1.54) is 6.66 Å². The predicted molar refractivity (Wildman–Crippen MR) is 54.2 cm³/mol. The maximum absolute atomic E-state index is 11.5. The Morgan fingerprint density at radius 2 is 2.29 bits per heavy atom. The fourth-order valence-corrected chi connectivity index (χ4v) is 1.87. The zero-order chi connectivity index (χ0) is 10.4. The topological polar surface area (TPSA) is 48.4 Å². The minimum absolute atomic E-state index is 0.265. The third kappa shape index (κ3) is 4.01. The molecule has 14 heavy (non-hydrogen) atoms. The first kappa shape index (κ1) is 11.4. The molecule has 0 radical (unpaired) electrons. The third-order valence-corrected chi connectivity index (χ3v) is 2.88.